The molecule has 0 bridgehead atoms. The molecule has 0 saturated heterocycles. The van der Waals surface area contributed by atoms with E-state index >= 15 is 0 Å². The first kappa shape index (κ1) is 22.9. The number of esters is 1. The van der Waals surface area contributed by atoms with Crippen molar-refractivity contribution in [3.05, 3.63) is 64.5 Å². The van der Waals surface area contributed by atoms with Gasteiger partial charge in [-0.15, -0.1) is 0 Å². The minimum atomic E-state index is -1.42. The Bertz CT molecular complexity index is 922. The summed E-state index contributed by atoms with van der Waals surface area (Å²) in [5, 5.41) is 21.9. The molecule has 1 heterocycles. The Morgan fingerprint density at radius 3 is 2.17 bits per heavy atom. The lowest BCUT2D eigenvalue weighted by molar-refractivity contribution is -0.154. The molecule has 0 fully saturated rings. The van der Waals surface area contributed by atoms with E-state index in [9.17, 15) is 24.6 Å². The van der Waals surface area contributed by atoms with E-state index in [0.717, 1.165) is 5.56 Å². The van der Waals surface area contributed by atoms with Crippen LogP contribution in [0.2, 0.25) is 0 Å². The first-order valence-electron chi connectivity index (χ1n) is 9.78. The normalized spacial score (nSPS) is 17.1. The largest absolute Gasteiger partial charge is 0.478 e. The molecule has 1 aliphatic heterocycles. The lowest BCUT2D eigenvalue weighted by atomic mass is 9.84. The fourth-order valence-electron chi connectivity index (χ4n) is 3.18. The van der Waals surface area contributed by atoms with Crippen molar-refractivity contribution in [2.24, 2.45) is 5.92 Å². The zero-order valence-electron chi connectivity index (χ0n) is 17.6. The zero-order chi connectivity index (χ0) is 22.5. The average molecular weight is 413 g/mol. The lowest BCUT2D eigenvalue weighted by Gasteiger charge is -2.31. The third-order valence-corrected chi connectivity index (χ3v) is 5.39. The maximum Gasteiger partial charge on any atom is 0.352 e. The highest BCUT2D eigenvalue weighted by molar-refractivity contribution is 6.04. The van der Waals surface area contributed by atoms with Crippen LogP contribution in [0.15, 0.2) is 58.9 Å². The maximum atomic E-state index is 13.1. The van der Waals surface area contributed by atoms with Crippen molar-refractivity contribution in [3.63, 3.8) is 0 Å². The second-order valence-corrected chi connectivity index (χ2v) is 7.36. The predicted molar refractivity (Wildman–Crippen MR) is 112 cm³/mol. The van der Waals surface area contributed by atoms with E-state index < -0.39 is 40.7 Å². The number of nitrogens with one attached hydrogen (secondary N) is 1. The van der Waals surface area contributed by atoms with E-state index in [0.29, 0.717) is 12.8 Å². The molecule has 30 heavy (non-hydrogen) atoms. The highest BCUT2D eigenvalue weighted by atomic mass is 16.6. The maximum absolute atomic E-state index is 13.1. The van der Waals surface area contributed by atoms with Crippen LogP contribution < -0.4 is 5.32 Å². The molecule has 1 aromatic rings. The Kier molecular flexibility index (Phi) is 7.21. The fourth-order valence-corrected chi connectivity index (χ4v) is 3.18. The van der Waals surface area contributed by atoms with Gasteiger partial charge in [0, 0.05) is 11.6 Å². The van der Waals surface area contributed by atoms with Gasteiger partial charge in [0.25, 0.3) is 0 Å². The Morgan fingerprint density at radius 1 is 1.07 bits per heavy atom. The number of allylic oxidation sites excluding steroid dienone is 2. The topological polar surface area (TPSA) is 113 Å². The number of hydrogen-bond acceptors (Lipinski definition) is 5. The fraction of sp³-hybridized carbons (Fsp3) is 0.348. The summed E-state index contributed by atoms with van der Waals surface area (Å²) >= 11 is 0. The van der Waals surface area contributed by atoms with Gasteiger partial charge in [-0.05, 0) is 32.3 Å². The van der Waals surface area contributed by atoms with E-state index in [-0.39, 0.29) is 11.3 Å². The standard InChI is InChI=1S/C23H27NO6/c1-5-23(4,6-2)30-22(29)17-14(3)24-19(21(27)28)18(20(25)26)16(17)13-12-15-10-8-7-9-11-15/h7-13,16,24H,5-6H2,1-4H3,(H,25,26)(H,27,28). The Hall–Kier alpha value is -3.35. The van der Waals surface area contributed by atoms with E-state index in [1.54, 1.807) is 6.08 Å². The molecule has 0 saturated carbocycles. The molecule has 1 aliphatic rings. The second-order valence-electron chi connectivity index (χ2n) is 7.36. The summed E-state index contributed by atoms with van der Waals surface area (Å²) < 4.78 is 5.72. The van der Waals surface area contributed by atoms with Gasteiger partial charge in [-0.2, -0.15) is 0 Å². The number of carboxylic acid groups (broad SMARTS) is 2. The number of ether oxygens (including phenoxy) is 1. The minimum absolute atomic E-state index is 0.0812. The van der Waals surface area contributed by atoms with Crippen LogP contribution in [0.1, 0.15) is 46.1 Å². The molecular weight excluding hydrogens is 386 g/mol. The molecule has 0 aliphatic carbocycles. The summed E-state index contributed by atoms with van der Waals surface area (Å²) in [4.78, 5) is 36.8. The van der Waals surface area contributed by atoms with Gasteiger partial charge in [-0.3, -0.25) is 0 Å². The molecule has 1 unspecified atom stereocenters. The molecule has 0 spiro atoms. The number of carbonyl (C=O) groups is 3. The van der Waals surface area contributed by atoms with Crippen molar-refractivity contribution in [3.8, 4) is 0 Å². The molecule has 0 radical (unpaired) electrons. The van der Waals surface area contributed by atoms with Gasteiger partial charge in [0.1, 0.15) is 11.3 Å². The SMILES string of the molecule is CCC(C)(CC)OC(=O)C1=C(C)NC(C(=O)O)=C(C(=O)O)C1C=Cc1ccccc1. The van der Waals surface area contributed by atoms with Gasteiger partial charge in [-0.1, -0.05) is 56.3 Å². The van der Waals surface area contributed by atoms with Gasteiger partial charge < -0.3 is 20.3 Å². The van der Waals surface area contributed by atoms with Gasteiger partial charge in [0.2, 0.25) is 0 Å². The number of carboxylic acids is 2. The summed E-state index contributed by atoms with van der Waals surface area (Å²) in [5.41, 5.74) is -0.472. The Morgan fingerprint density at radius 2 is 1.67 bits per heavy atom. The lowest BCUT2D eigenvalue weighted by Crippen LogP contribution is -2.38. The molecule has 7 heteroatoms. The van der Waals surface area contributed by atoms with Crippen molar-refractivity contribution in [1.29, 1.82) is 0 Å². The number of dihydropyridines is 1. The van der Waals surface area contributed by atoms with E-state index in [1.165, 1.54) is 13.0 Å². The van der Waals surface area contributed by atoms with Gasteiger partial charge in [0.05, 0.1) is 11.1 Å². The summed E-state index contributed by atoms with van der Waals surface area (Å²) in [7, 11) is 0. The van der Waals surface area contributed by atoms with E-state index in [1.807, 2.05) is 51.1 Å². The number of rotatable bonds is 8. The molecule has 0 aromatic heterocycles. The number of benzene rings is 1. The molecular formula is C23H27NO6. The van der Waals surface area contributed by atoms with Crippen LogP contribution in [-0.4, -0.2) is 33.7 Å². The molecule has 7 nitrogen and oxygen atoms in total. The predicted octanol–water partition coefficient (Wildman–Crippen LogP) is 3.74. The van der Waals surface area contributed by atoms with E-state index in [2.05, 4.69) is 5.32 Å². The van der Waals surface area contributed by atoms with Crippen LogP contribution in [0.4, 0.5) is 0 Å². The van der Waals surface area contributed by atoms with Crippen LogP contribution in [0, 0.1) is 5.92 Å². The Balaban J connectivity index is 2.58. The van der Waals surface area contributed by atoms with Gasteiger partial charge >= 0.3 is 17.9 Å². The first-order valence-corrected chi connectivity index (χ1v) is 9.78. The van der Waals surface area contributed by atoms with Crippen molar-refractivity contribution in [1.82, 2.24) is 5.32 Å². The monoisotopic (exact) mass is 413 g/mol. The van der Waals surface area contributed by atoms with Crippen molar-refractivity contribution in [2.45, 2.75) is 46.1 Å². The van der Waals surface area contributed by atoms with Crippen molar-refractivity contribution < 1.29 is 29.3 Å². The smallest absolute Gasteiger partial charge is 0.352 e. The Labute approximate surface area is 175 Å². The van der Waals surface area contributed by atoms with Crippen LogP contribution in [-0.2, 0) is 19.1 Å². The summed E-state index contributed by atoms with van der Waals surface area (Å²) in [6, 6.07) is 9.13. The molecule has 1 atom stereocenters. The van der Waals surface area contributed by atoms with Crippen LogP contribution >= 0.6 is 0 Å². The van der Waals surface area contributed by atoms with E-state index in [4.69, 9.17) is 4.74 Å². The van der Waals surface area contributed by atoms with Gasteiger partial charge in [-0.25, -0.2) is 14.4 Å². The quantitative estimate of drug-likeness (QED) is 0.557. The van der Waals surface area contributed by atoms with Gasteiger partial charge in [0.15, 0.2) is 0 Å². The van der Waals surface area contributed by atoms with Crippen molar-refractivity contribution in [2.75, 3.05) is 0 Å². The molecule has 0 amide bonds. The van der Waals surface area contributed by atoms with Crippen molar-refractivity contribution >= 4 is 24.0 Å². The van der Waals surface area contributed by atoms with Crippen LogP contribution in [0.5, 0.6) is 0 Å². The third-order valence-electron chi connectivity index (χ3n) is 5.39. The zero-order valence-corrected chi connectivity index (χ0v) is 17.6. The number of aliphatic carboxylic acids is 2. The summed E-state index contributed by atoms with van der Waals surface area (Å²) in [6.45, 7) is 7.14. The number of hydrogen-bond donors (Lipinski definition) is 3. The highest BCUT2D eigenvalue weighted by Gasteiger charge is 2.39. The summed E-state index contributed by atoms with van der Waals surface area (Å²) in [6.07, 6.45) is 4.36. The van der Waals surface area contributed by atoms with Crippen LogP contribution in [0.25, 0.3) is 6.08 Å². The first-order chi connectivity index (χ1) is 14.1. The number of carbonyl (C=O) groups excluding carboxylic acids is 1. The molecule has 3 N–H and O–H groups in total. The summed E-state index contributed by atoms with van der Waals surface area (Å²) in [5.74, 6) is -4.59. The third kappa shape index (κ3) is 4.97. The minimum Gasteiger partial charge on any atom is -0.478 e. The van der Waals surface area contributed by atoms with Crippen LogP contribution in [0.3, 0.4) is 0 Å². The molecule has 160 valence electrons. The highest BCUT2D eigenvalue weighted by Crippen LogP contribution is 2.34. The second kappa shape index (κ2) is 9.43. The molecule has 2 rings (SSSR count). The molecule has 1 aromatic carbocycles. The average Bonchev–Trinajstić information content (AvgIpc) is 2.71.